The second-order valence-corrected chi connectivity index (χ2v) is 4.73. The second-order valence-electron chi connectivity index (χ2n) is 4.73. The summed E-state index contributed by atoms with van der Waals surface area (Å²) in [4.78, 5) is 5.87. The molecule has 0 radical (unpaired) electrons. The van der Waals surface area contributed by atoms with E-state index in [0.29, 0.717) is 0 Å². The van der Waals surface area contributed by atoms with Crippen LogP contribution in [0.15, 0.2) is 22.4 Å². The smallest absolute Gasteiger partial charge is 0.0634 e. The zero-order chi connectivity index (χ0) is 12.5. The van der Waals surface area contributed by atoms with E-state index >= 15 is 0 Å². The maximum atomic E-state index is 8.65. The SMILES string of the molecule is [N-]=[N+]=N[C@@H]1CCc2ccc3c(c21)[C@H](N=[N+]=[N-])CC3. The Hall–Kier alpha value is -2.16. The fraction of sp³-hybridized carbons (Fsp3) is 0.500. The van der Waals surface area contributed by atoms with Crippen LogP contribution in [0.5, 0.6) is 0 Å². The first-order valence-corrected chi connectivity index (χ1v) is 6.08. The van der Waals surface area contributed by atoms with Crippen LogP contribution in [0.2, 0.25) is 0 Å². The van der Waals surface area contributed by atoms with Crippen molar-refractivity contribution in [1.29, 1.82) is 0 Å². The highest BCUT2D eigenvalue weighted by molar-refractivity contribution is 5.50. The summed E-state index contributed by atoms with van der Waals surface area (Å²) in [6.45, 7) is 0. The summed E-state index contributed by atoms with van der Waals surface area (Å²) < 4.78 is 0. The lowest BCUT2D eigenvalue weighted by molar-refractivity contribution is 0.669. The van der Waals surface area contributed by atoms with Crippen LogP contribution in [0, 0.1) is 0 Å². The molecule has 6 nitrogen and oxygen atoms in total. The standard InChI is InChI=1S/C12H12N6/c13-17-15-9-5-3-7-1-2-8-4-6-10(16-18-14)12(8)11(7)9/h1-2,9-10H,3-6H2/t9-,10-/m1/s1. The van der Waals surface area contributed by atoms with Crippen molar-refractivity contribution in [2.24, 2.45) is 10.2 Å². The van der Waals surface area contributed by atoms with Crippen molar-refractivity contribution in [3.8, 4) is 0 Å². The van der Waals surface area contributed by atoms with E-state index in [1.807, 2.05) is 0 Å². The average molecular weight is 240 g/mol. The van der Waals surface area contributed by atoms with Crippen molar-refractivity contribution >= 4 is 0 Å². The molecule has 90 valence electrons. The van der Waals surface area contributed by atoms with Gasteiger partial charge in [0.1, 0.15) is 0 Å². The molecule has 0 spiro atoms. The third-order valence-corrected chi connectivity index (χ3v) is 3.89. The predicted molar refractivity (Wildman–Crippen MR) is 66.9 cm³/mol. The van der Waals surface area contributed by atoms with Crippen LogP contribution >= 0.6 is 0 Å². The summed E-state index contributed by atoms with van der Waals surface area (Å²) in [5.41, 5.74) is 22.0. The van der Waals surface area contributed by atoms with Gasteiger partial charge < -0.3 is 0 Å². The molecule has 0 unspecified atom stereocenters. The third-order valence-electron chi connectivity index (χ3n) is 3.89. The van der Waals surface area contributed by atoms with E-state index in [2.05, 4.69) is 32.2 Å². The summed E-state index contributed by atoms with van der Waals surface area (Å²) in [5, 5.41) is 7.77. The van der Waals surface area contributed by atoms with Gasteiger partial charge in [-0.25, -0.2) is 0 Å². The van der Waals surface area contributed by atoms with Crippen molar-refractivity contribution in [3.63, 3.8) is 0 Å². The molecule has 0 fully saturated rings. The van der Waals surface area contributed by atoms with Crippen LogP contribution < -0.4 is 0 Å². The van der Waals surface area contributed by atoms with Crippen molar-refractivity contribution in [2.45, 2.75) is 37.8 Å². The molecule has 0 N–H and O–H groups in total. The van der Waals surface area contributed by atoms with Gasteiger partial charge in [-0.2, -0.15) is 0 Å². The van der Waals surface area contributed by atoms with E-state index < -0.39 is 0 Å². The average Bonchev–Trinajstić information content (AvgIpc) is 2.95. The minimum Gasteiger partial charge on any atom is -0.0859 e. The molecule has 0 saturated heterocycles. The third kappa shape index (κ3) is 1.51. The number of hydrogen-bond acceptors (Lipinski definition) is 2. The highest BCUT2D eigenvalue weighted by Gasteiger charge is 2.32. The van der Waals surface area contributed by atoms with E-state index in [-0.39, 0.29) is 12.1 Å². The van der Waals surface area contributed by atoms with E-state index in [0.717, 1.165) is 36.8 Å². The molecule has 2 aliphatic carbocycles. The molecule has 18 heavy (non-hydrogen) atoms. The van der Waals surface area contributed by atoms with Gasteiger partial charge in [0.15, 0.2) is 0 Å². The number of fused-ring (bicyclic) bond motifs is 3. The first kappa shape index (κ1) is 11.0. The van der Waals surface area contributed by atoms with Gasteiger partial charge in [0.05, 0.1) is 12.1 Å². The van der Waals surface area contributed by atoms with Gasteiger partial charge in [-0.1, -0.05) is 22.4 Å². The Kier molecular flexibility index (Phi) is 2.59. The summed E-state index contributed by atoms with van der Waals surface area (Å²) in [6, 6.07) is 4.07. The number of aryl methyl sites for hydroxylation is 2. The van der Waals surface area contributed by atoms with Crippen molar-refractivity contribution in [3.05, 3.63) is 55.3 Å². The highest BCUT2D eigenvalue weighted by Crippen LogP contribution is 2.45. The quantitative estimate of drug-likeness (QED) is 0.418. The Morgan fingerprint density at radius 1 is 0.889 bits per heavy atom. The van der Waals surface area contributed by atoms with Gasteiger partial charge in [-0.05, 0) is 59.0 Å². The molecule has 0 aliphatic heterocycles. The Morgan fingerprint density at radius 3 is 1.72 bits per heavy atom. The molecule has 1 aromatic rings. The van der Waals surface area contributed by atoms with Crippen LogP contribution in [-0.2, 0) is 12.8 Å². The predicted octanol–water partition coefficient (Wildman–Crippen LogP) is 4.28. The second kappa shape index (κ2) is 4.26. The van der Waals surface area contributed by atoms with Crippen LogP contribution in [0.1, 0.15) is 47.2 Å². The monoisotopic (exact) mass is 240 g/mol. The van der Waals surface area contributed by atoms with Gasteiger partial charge in [-0.3, -0.25) is 0 Å². The molecule has 2 aliphatic rings. The number of nitrogens with zero attached hydrogens (tertiary/aromatic N) is 6. The molecular weight excluding hydrogens is 228 g/mol. The zero-order valence-electron chi connectivity index (χ0n) is 9.82. The Balaban J connectivity index is 2.18. The maximum absolute atomic E-state index is 8.65. The van der Waals surface area contributed by atoms with Crippen LogP contribution in [0.25, 0.3) is 20.9 Å². The lowest BCUT2D eigenvalue weighted by Crippen LogP contribution is -1.99. The summed E-state index contributed by atoms with van der Waals surface area (Å²) in [7, 11) is 0. The lowest BCUT2D eigenvalue weighted by Gasteiger charge is -2.14. The first-order chi connectivity index (χ1) is 8.85. The Morgan fingerprint density at radius 2 is 1.33 bits per heavy atom. The van der Waals surface area contributed by atoms with Crippen molar-refractivity contribution < 1.29 is 0 Å². The van der Waals surface area contributed by atoms with Gasteiger partial charge >= 0.3 is 0 Å². The van der Waals surface area contributed by atoms with E-state index in [4.69, 9.17) is 11.1 Å². The minimum absolute atomic E-state index is 0.0885. The molecule has 0 amide bonds. The molecule has 2 atom stereocenters. The summed E-state index contributed by atoms with van der Waals surface area (Å²) >= 11 is 0. The summed E-state index contributed by atoms with van der Waals surface area (Å²) in [6.07, 6.45) is 3.60. The van der Waals surface area contributed by atoms with Crippen LogP contribution in [-0.4, -0.2) is 0 Å². The fourth-order valence-corrected chi connectivity index (χ4v) is 3.18. The lowest BCUT2D eigenvalue weighted by atomic mass is 9.96. The fourth-order valence-electron chi connectivity index (χ4n) is 3.18. The topological polar surface area (TPSA) is 97.5 Å². The normalized spacial score (nSPS) is 23.8. The molecule has 1 aromatic carbocycles. The molecule has 6 heteroatoms. The Labute approximate surface area is 104 Å². The maximum Gasteiger partial charge on any atom is 0.0634 e. The molecular formula is C12H12N6. The van der Waals surface area contributed by atoms with Crippen LogP contribution in [0.3, 0.4) is 0 Å². The van der Waals surface area contributed by atoms with Crippen LogP contribution in [0.4, 0.5) is 0 Å². The molecule has 0 aromatic heterocycles. The zero-order valence-corrected chi connectivity index (χ0v) is 9.82. The number of rotatable bonds is 2. The largest absolute Gasteiger partial charge is 0.0859 e. The minimum atomic E-state index is -0.0885. The van der Waals surface area contributed by atoms with E-state index in [1.54, 1.807) is 0 Å². The van der Waals surface area contributed by atoms with Gasteiger partial charge in [0.25, 0.3) is 0 Å². The first-order valence-electron chi connectivity index (χ1n) is 6.08. The van der Waals surface area contributed by atoms with E-state index in [1.165, 1.54) is 11.1 Å². The molecule has 0 heterocycles. The van der Waals surface area contributed by atoms with Gasteiger partial charge in [-0.15, -0.1) is 0 Å². The molecule has 0 bridgehead atoms. The van der Waals surface area contributed by atoms with E-state index in [9.17, 15) is 0 Å². The Bertz CT molecular complexity index is 542. The van der Waals surface area contributed by atoms with Crippen molar-refractivity contribution in [1.82, 2.24) is 0 Å². The number of benzene rings is 1. The molecule has 0 saturated carbocycles. The number of hydrogen-bond donors (Lipinski definition) is 0. The summed E-state index contributed by atoms with van der Waals surface area (Å²) in [5.74, 6) is 0. The van der Waals surface area contributed by atoms with Crippen molar-refractivity contribution in [2.75, 3.05) is 0 Å². The molecule has 3 rings (SSSR count). The van der Waals surface area contributed by atoms with Gasteiger partial charge in [0.2, 0.25) is 0 Å². The number of azide groups is 2. The van der Waals surface area contributed by atoms with Gasteiger partial charge in [0, 0.05) is 9.82 Å². The highest BCUT2D eigenvalue weighted by atomic mass is 15.2.